The van der Waals surface area contributed by atoms with Gasteiger partial charge in [0.1, 0.15) is 8.07 Å². The van der Waals surface area contributed by atoms with Gasteiger partial charge in [-0.1, -0.05) is 81.1 Å². The van der Waals surface area contributed by atoms with Crippen molar-refractivity contribution in [3.05, 3.63) is 59.7 Å². The highest BCUT2D eigenvalue weighted by atomic mass is 32.2. The first kappa shape index (κ1) is 23.8. The molecule has 0 spiro atoms. The van der Waals surface area contributed by atoms with E-state index in [4.69, 9.17) is 0 Å². The van der Waals surface area contributed by atoms with Gasteiger partial charge in [0.05, 0.1) is 16.1 Å². The minimum atomic E-state index is -3.84. The standard InChI is InChI=1S/C25H31NO2SSi/c1-6-7-8-9-10-13-23-14-11-12-15-25(23)26(20-21-30(3,4)5)29(27,28)24-18-16-22(2)17-19-24/h11-12,14-19H,6-9H2,1-5H3. The van der Waals surface area contributed by atoms with Crippen molar-refractivity contribution in [2.45, 2.75) is 64.1 Å². The predicted molar refractivity (Wildman–Crippen MR) is 129 cm³/mol. The highest BCUT2D eigenvalue weighted by molar-refractivity contribution is 7.93. The summed E-state index contributed by atoms with van der Waals surface area (Å²) in [5.74, 6) is 6.36. The maximum atomic E-state index is 13.5. The van der Waals surface area contributed by atoms with Gasteiger partial charge in [-0.25, -0.2) is 8.42 Å². The summed E-state index contributed by atoms with van der Waals surface area (Å²) in [6.07, 6.45) is 4.14. The maximum absolute atomic E-state index is 13.5. The molecule has 158 valence electrons. The van der Waals surface area contributed by atoms with Gasteiger partial charge in [-0.2, -0.15) is 4.31 Å². The number of para-hydroxylation sites is 1. The maximum Gasteiger partial charge on any atom is 0.275 e. The molecule has 0 heterocycles. The molecule has 0 unspecified atom stereocenters. The molecule has 0 atom stereocenters. The fourth-order valence-electron chi connectivity index (χ4n) is 2.66. The fraction of sp³-hybridized carbons (Fsp3) is 0.360. The van der Waals surface area contributed by atoms with Gasteiger partial charge in [-0.05, 0) is 37.6 Å². The summed E-state index contributed by atoms with van der Waals surface area (Å²) in [6, 6.07) is 17.2. The van der Waals surface area contributed by atoms with Crippen molar-refractivity contribution in [3.8, 4) is 23.4 Å². The van der Waals surface area contributed by atoms with Crippen LogP contribution in [0.15, 0.2) is 53.4 Å². The summed E-state index contributed by atoms with van der Waals surface area (Å²) in [5, 5.41) is 0. The third-order valence-corrected chi connectivity index (χ3v) is 6.84. The molecule has 0 radical (unpaired) electrons. The molecule has 0 aromatic heterocycles. The summed E-state index contributed by atoms with van der Waals surface area (Å²) in [6.45, 7) is 10.4. The summed E-state index contributed by atoms with van der Waals surface area (Å²) in [4.78, 5) is 0.226. The SMILES string of the molecule is CCCCCC#Cc1ccccc1N(C#C[Si](C)(C)C)S(=O)(=O)c1ccc(C)cc1. The first-order valence-electron chi connectivity index (χ1n) is 10.4. The van der Waals surface area contributed by atoms with E-state index >= 15 is 0 Å². The van der Waals surface area contributed by atoms with Crippen LogP contribution in [0.5, 0.6) is 0 Å². The van der Waals surface area contributed by atoms with Crippen molar-refractivity contribution in [2.24, 2.45) is 0 Å². The molecule has 2 aromatic carbocycles. The normalized spacial score (nSPS) is 11.1. The molecule has 0 fully saturated rings. The smallest absolute Gasteiger partial charge is 0.200 e. The van der Waals surface area contributed by atoms with Crippen molar-refractivity contribution in [1.29, 1.82) is 0 Å². The molecule has 0 N–H and O–H groups in total. The Bertz CT molecular complexity index is 1080. The van der Waals surface area contributed by atoms with Crippen LogP contribution in [0, 0.1) is 30.4 Å². The molecule has 2 rings (SSSR count). The van der Waals surface area contributed by atoms with Crippen LogP contribution >= 0.6 is 0 Å². The van der Waals surface area contributed by atoms with E-state index in [2.05, 4.69) is 50.0 Å². The van der Waals surface area contributed by atoms with Crippen molar-refractivity contribution < 1.29 is 8.42 Å². The van der Waals surface area contributed by atoms with Crippen LogP contribution in [-0.2, 0) is 10.0 Å². The molecule has 0 bridgehead atoms. The van der Waals surface area contributed by atoms with Gasteiger partial charge in [0.15, 0.2) is 0 Å². The summed E-state index contributed by atoms with van der Waals surface area (Å²) < 4.78 is 28.3. The van der Waals surface area contributed by atoms with E-state index in [1.54, 1.807) is 30.3 Å². The van der Waals surface area contributed by atoms with Crippen molar-refractivity contribution in [3.63, 3.8) is 0 Å². The number of aryl methyl sites for hydroxylation is 1. The first-order chi connectivity index (χ1) is 14.1. The van der Waals surface area contributed by atoms with Gasteiger partial charge in [-0.15, -0.1) is 5.54 Å². The Morgan fingerprint density at radius 3 is 2.27 bits per heavy atom. The fourth-order valence-corrected chi connectivity index (χ4v) is 4.46. The number of nitrogens with zero attached hydrogens (tertiary/aromatic N) is 1. The van der Waals surface area contributed by atoms with Crippen LogP contribution in [0.25, 0.3) is 0 Å². The second kappa shape index (κ2) is 10.5. The van der Waals surface area contributed by atoms with Gasteiger partial charge in [0, 0.05) is 12.5 Å². The van der Waals surface area contributed by atoms with Gasteiger partial charge < -0.3 is 0 Å². The van der Waals surface area contributed by atoms with Crippen LogP contribution in [-0.4, -0.2) is 16.5 Å². The van der Waals surface area contributed by atoms with Gasteiger partial charge in [0.25, 0.3) is 10.0 Å². The number of anilines is 1. The first-order valence-corrected chi connectivity index (χ1v) is 15.3. The van der Waals surface area contributed by atoms with Crippen LogP contribution in [0.2, 0.25) is 19.6 Å². The Balaban J connectivity index is 2.56. The molecular weight excluding hydrogens is 406 g/mol. The molecule has 5 heteroatoms. The molecule has 2 aromatic rings. The number of sulfonamides is 1. The Hall–Kier alpha value is -2.47. The zero-order valence-electron chi connectivity index (χ0n) is 18.6. The Labute approximate surface area is 183 Å². The van der Waals surface area contributed by atoms with Crippen molar-refractivity contribution in [2.75, 3.05) is 4.31 Å². The van der Waals surface area contributed by atoms with Gasteiger partial charge >= 0.3 is 0 Å². The number of hydrogen-bond donors (Lipinski definition) is 0. The Kier molecular flexibility index (Phi) is 8.35. The summed E-state index contributed by atoms with van der Waals surface area (Å²) in [7, 11) is -5.64. The van der Waals surface area contributed by atoms with E-state index < -0.39 is 18.1 Å². The molecule has 0 aliphatic carbocycles. The molecule has 0 aliphatic heterocycles. The molecule has 3 nitrogen and oxygen atoms in total. The number of hydrogen-bond acceptors (Lipinski definition) is 2. The van der Waals surface area contributed by atoms with Gasteiger partial charge in [0.2, 0.25) is 0 Å². The topological polar surface area (TPSA) is 37.4 Å². The summed E-state index contributed by atoms with van der Waals surface area (Å²) in [5.41, 5.74) is 5.39. The lowest BCUT2D eigenvalue weighted by Crippen LogP contribution is -2.28. The lowest BCUT2D eigenvalue weighted by molar-refractivity contribution is 0.596. The summed E-state index contributed by atoms with van der Waals surface area (Å²) >= 11 is 0. The highest BCUT2D eigenvalue weighted by Crippen LogP contribution is 2.26. The number of benzene rings is 2. The third-order valence-electron chi connectivity index (χ3n) is 4.34. The minimum absolute atomic E-state index is 0.226. The van der Waals surface area contributed by atoms with Gasteiger partial charge in [-0.3, -0.25) is 0 Å². The van der Waals surface area contributed by atoms with E-state index in [0.717, 1.165) is 31.2 Å². The highest BCUT2D eigenvalue weighted by Gasteiger charge is 2.26. The molecule has 0 saturated heterocycles. The monoisotopic (exact) mass is 437 g/mol. The zero-order chi connectivity index (χ0) is 22.2. The average molecular weight is 438 g/mol. The lowest BCUT2D eigenvalue weighted by atomic mass is 10.1. The van der Waals surface area contributed by atoms with E-state index in [9.17, 15) is 8.42 Å². The lowest BCUT2D eigenvalue weighted by Gasteiger charge is -2.20. The number of unbranched alkanes of at least 4 members (excludes halogenated alkanes) is 3. The zero-order valence-corrected chi connectivity index (χ0v) is 20.4. The van der Waals surface area contributed by atoms with Crippen molar-refractivity contribution in [1.82, 2.24) is 0 Å². The predicted octanol–water partition coefficient (Wildman–Crippen LogP) is 5.96. The molecule has 30 heavy (non-hydrogen) atoms. The minimum Gasteiger partial charge on any atom is -0.200 e. The van der Waals surface area contributed by atoms with E-state index in [1.165, 1.54) is 4.31 Å². The third kappa shape index (κ3) is 6.80. The molecular formula is C25H31NO2SSi. The van der Waals surface area contributed by atoms with Crippen LogP contribution in [0.1, 0.15) is 43.7 Å². The Morgan fingerprint density at radius 2 is 1.63 bits per heavy atom. The average Bonchev–Trinajstić information content (AvgIpc) is 2.68. The Morgan fingerprint density at radius 1 is 0.967 bits per heavy atom. The van der Waals surface area contributed by atoms with E-state index in [0.29, 0.717) is 11.3 Å². The quantitative estimate of drug-likeness (QED) is 0.242. The molecule has 0 aliphatic rings. The van der Waals surface area contributed by atoms with Crippen molar-refractivity contribution >= 4 is 23.8 Å². The largest absolute Gasteiger partial charge is 0.275 e. The second-order valence-corrected chi connectivity index (χ2v) is 14.9. The van der Waals surface area contributed by atoms with Crippen LogP contribution < -0.4 is 4.31 Å². The second-order valence-electron chi connectivity index (χ2n) is 8.35. The van der Waals surface area contributed by atoms with Crippen LogP contribution in [0.3, 0.4) is 0 Å². The van der Waals surface area contributed by atoms with E-state index in [-0.39, 0.29) is 4.90 Å². The molecule has 0 saturated carbocycles. The number of rotatable bonds is 6. The van der Waals surface area contributed by atoms with Crippen LogP contribution in [0.4, 0.5) is 5.69 Å². The molecule has 0 amide bonds. The van der Waals surface area contributed by atoms with E-state index in [1.807, 2.05) is 25.1 Å².